The summed E-state index contributed by atoms with van der Waals surface area (Å²) in [6.07, 6.45) is 5.29. The molecule has 0 saturated heterocycles. The third-order valence-corrected chi connectivity index (χ3v) is 4.11. The fourth-order valence-electron chi connectivity index (χ4n) is 3.01. The minimum absolute atomic E-state index is 0.00449. The molecule has 0 fully saturated rings. The lowest BCUT2D eigenvalue weighted by molar-refractivity contribution is 0.585. The molecule has 0 N–H and O–H groups in total. The SMILES string of the molecule is CC1=CC(C)=C(C)C1c1ccccc1CC=NC(C)(C)C. The van der Waals surface area contributed by atoms with Gasteiger partial charge in [0.1, 0.15) is 0 Å². The summed E-state index contributed by atoms with van der Waals surface area (Å²) in [5.41, 5.74) is 7.16. The normalized spacial score (nSPS) is 19.5. The first kappa shape index (κ1) is 15.8. The molecule has 0 spiro atoms. The lowest BCUT2D eigenvalue weighted by Gasteiger charge is -2.19. The van der Waals surface area contributed by atoms with Crippen LogP contribution in [-0.2, 0) is 6.42 Å². The van der Waals surface area contributed by atoms with Crippen molar-refractivity contribution >= 4 is 6.21 Å². The molecule has 112 valence electrons. The van der Waals surface area contributed by atoms with Crippen LogP contribution in [0.5, 0.6) is 0 Å². The molecule has 0 heterocycles. The van der Waals surface area contributed by atoms with Crippen LogP contribution in [0.15, 0.2) is 52.1 Å². The van der Waals surface area contributed by atoms with E-state index >= 15 is 0 Å². The lowest BCUT2D eigenvalue weighted by atomic mass is 9.85. The molecule has 0 aliphatic heterocycles. The van der Waals surface area contributed by atoms with Crippen LogP contribution >= 0.6 is 0 Å². The summed E-state index contributed by atoms with van der Waals surface area (Å²) >= 11 is 0. The Kier molecular flexibility index (Phi) is 4.51. The number of benzene rings is 1. The zero-order valence-corrected chi connectivity index (χ0v) is 14.2. The van der Waals surface area contributed by atoms with Gasteiger partial charge in [-0.3, -0.25) is 4.99 Å². The summed E-state index contributed by atoms with van der Waals surface area (Å²) < 4.78 is 0. The highest BCUT2D eigenvalue weighted by Gasteiger charge is 2.23. The van der Waals surface area contributed by atoms with Gasteiger partial charge in [0.25, 0.3) is 0 Å². The quantitative estimate of drug-likeness (QED) is 0.651. The second-order valence-electron chi connectivity index (χ2n) is 7.07. The Morgan fingerprint density at radius 2 is 1.76 bits per heavy atom. The molecule has 0 saturated carbocycles. The summed E-state index contributed by atoms with van der Waals surface area (Å²) in [6, 6.07) is 8.78. The second kappa shape index (κ2) is 6.01. The Morgan fingerprint density at radius 1 is 1.10 bits per heavy atom. The Labute approximate surface area is 129 Å². The standard InChI is InChI=1S/C20H27N/c1-14-13-15(2)19(16(14)3)18-10-8-7-9-17(18)11-12-21-20(4,5)6/h7-10,12-13,19H,11H2,1-6H3. The van der Waals surface area contributed by atoms with Gasteiger partial charge in [-0.05, 0) is 52.7 Å². The van der Waals surface area contributed by atoms with Gasteiger partial charge in [-0.15, -0.1) is 0 Å². The van der Waals surface area contributed by atoms with Crippen molar-refractivity contribution in [2.24, 2.45) is 4.99 Å². The van der Waals surface area contributed by atoms with Crippen LogP contribution in [0.25, 0.3) is 0 Å². The summed E-state index contributed by atoms with van der Waals surface area (Å²) in [6.45, 7) is 13.1. The van der Waals surface area contributed by atoms with Crippen LogP contribution in [0, 0.1) is 0 Å². The monoisotopic (exact) mass is 281 g/mol. The smallest absolute Gasteiger partial charge is 0.0520 e. The molecule has 1 heteroatoms. The fraction of sp³-hybridized carbons (Fsp3) is 0.450. The predicted molar refractivity (Wildman–Crippen MR) is 93.3 cm³/mol. The Balaban J connectivity index is 2.31. The maximum absolute atomic E-state index is 4.62. The summed E-state index contributed by atoms with van der Waals surface area (Å²) in [4.78, 5) is 4.62. The van der Waals surface area contributed by atoms with Crippen molar-refractivity contribution in [2.75, 3.05) is 0 Å². The van der Waals surface area contributed by atoms with E-state index in [1.165, 1.54) is 27.8 Å². The molecular weight excluding hydrogens is 254 g/mol. The molecule has 2 rings (SSSR count). The van der Waals surface area contributed by atoms with Crippen molar-refractivity contribution in [3.05, 3.63) is 58.2 Å². The van der Waals surface area contributed by atoms with Crippen LogP contribution in [0.1, 0.15) is 58.6 Å². The van der Waals surface area contributed by atoms with E-state index in [1.807, 2.05) is 0 Å². The van der Waals surface area contributed by atoms with Gasteiger partial charge >= 0.3 is 0 Å². The van der Waals surface area contributed by atoms with E-state index in [0.717, 1.165) is 6.42 Å². The first-order chi connectivity index (χ1) is 9.79. The van der Waals surface area contributed by atoms with Crippen molar-refractivity contribution < 1.29 is 0 Å². The van der Waals surface area contributed by atoms with E-state index in [0.29, 0.717) is 5.92 Å². The van der Waals surface area contributed by atoms with Crippen LogP contribution in [0.4, 0.5) is 0 Å². The summed E-state index contributed by atoms with van der Waals surface area (Å²) in [5, 5.41) is 0. The molecule has 1 aromatic carbocycles. The van der Waals surface area contributed by atoms with Crippen LogP contribution < -0.4 is 0 Å². The summed E-state index contributed by atoms with van der Waals surface area (Å²) in [7, 11) is 0. The topological polar surface area (TPSA) is 12.4 Å². The highest BCUT2D eigenvalue weighted by atomic mass is 14.8. The van der Waals surface area contributed by atoms with Crippen molar-refractivity contribution in [1.82, 2.24) is 0 Å². The van der Waals surface area contributed by atoms with Crippen LogP contribution in [0.2, 0.25) is 0 Å². The molecular formula is C20H27N. The number of rotatable bonds is 3. The number of hydrogen-bond donors (Lipinski definition) is 0. The number of hydrogen-bond acceptors (Lipinski definition) is 1. The fourth-order valence-corrected chi connectivity index (χ4v) is 3.01. The van der Waals surface area contributed by atoms with Crippen LogP contribution in [-0.4, -0.2) is 11.8 Å². The summed E-state index contributed by atoms with van der Waals surface area (Å²) in [5.74, 6) is 0.448. The molecule has 0 aromatic heterocycles. The third-order valence-electron chi connectivity index (χ3n) is 4.11. The molecule has 0 radical (unpaired) electrons. The first-order valence-electron chi connectivity index (χ1n) is 7.76. The first-order valence-corrected chi connectivity index (χ1v) is 7.76. The van der Waals surface area contributed by atoms with Gasteiger partial charge in [0.15, 0.2) is 0 Å². The second-order valence-corrected chi connectivity index (χ2v) is 7.07. The number of nitrogens with zero attached hydrogens (tertiary/aromatic N) is 1. The zero-order chi connectivity index (χ0) is 15.6. The maximum atomic E-state index is 4.62. The minimum Gasteiger partial charge on any atom is -0.291 e. The average molecular weight is 281 g/mol. The van der Waals surface area contributed by atoms with Crippen molar-refractivity contribution in [2.45, 2.75) is 59.4 Å². The molecule has 1 atom stereocenters. The Morgan fingerprint density at radius 3 is 2.33 bits per heavy atom. The van der Waals surface area contributed by atoms with E-state index in [4.69, 9.17) is 0 Å². The van der Waals surface area contributed by atoms with Crippen molar-refractivity contribution in [3.63, 3.8) is 0 Å². The van der Waals surface area contributed by atoms with Crippen molar-refractivity contribution in [3.8, 4) is 0 Å². The third kappa shape index (κ3) is 3.72. The van der Waals surface area contributed by atoms with Gasteiger partial charge in [0.2, 0.25) is 0 Å². The van der Waals surface area contributed by atoms with E-state index in [2.05, 4.69) is 83.1 Å². The van der Waals surface area contributed by atoms with Gasteiger partial charge in [-0.25, -0.2) is 0 Å². The molecule has 1 aliphatic rings. The number of allylic oxidation sites excluding steroid dienone is 4. The van der Waals surface area contributed by atoms with Crippen LogP contribution in [0.3, 0.4) is 0 Å². The van der Waals surface area contributed by atoms with Gasteiger partial charge in [-0.1, -0.05) is 47.1 Å². The van der Waals surface area contributed by atoms with E-state index in [-0.39, 0.29) is 5.54 Å². The van der Waals surface area contributed by atoms with Gasteiger partial charge in [0, 0.05) is 18.6 Å². The van der Waals surface area contributed by atoms with E-state index in [9.17, 15) is 0 Å². The molecule has 0 amide bonds. The Bertz CT molecular complexity index is 609. The predicted octanol–water partition coefficient (Wildman–Crippen LogP) is 5.48. The van der Waals surface area contributed by atoms with Gasteiger partial charge in [0.05, 0.1) is 5.54 Å². The highest BCUT2D eigenvalue weighted by Crippen LogP contribution is 2.40. The van der Waals surface area contributed by atoms with E-state index in [1.54, 1.807) is 0 Å². The largest absolute Gasteiger partial charge is 0.291 e. The number of aliphatic imine (C=N–C) groups is 1. The molecule has 1 nitrogen and oxygen atoms in total. The van der Waals surface area contributed by atoms with Gasteiger partial charge in [-0.2, -0.15) is 0 Å². The maximum Gasteiger partial charge on any atom is 0.0520 e. The minimum atomic E-state index is 0.00449. The molecule has 1 aromatic rings. The van der Waals surface area contributed by atoms with E-state index < -0.39 is 0 Å². The lowest BCUT2D eigenvalue weighted by Crippen LogP contribution is -2.10. The molecule has 1 aliphatic carbocycles. The Hall–Kier alpha value is -1.63. The molecule has 1 unspecified atom stereocenters. The van der Waals surface area contributed by atoms with Gasteiger partial charge < -0.3 is 0 Å². The molecule has 0 bridgehead atoms. The highest BCUT2D eigenvalue weighted by molar-refractivity contribution is 5.64. The molecule has 21 heavy (non-hydrogen) atoms. The van der Waals surface area contributed by atoms with Crippen molar-refractivity contribution in [1.29, 1.82) is 0 Å². The average Bonchev–Trinajstić information content (AvgIpc) is 2.63. The zero-order valence-electron chi connectivity index (χ0n) is 14.2.